The van der Waals surface area contributed by atoms with Crippen molar-refractivity contribution in [2.24, 2.45) is 0 Å². The van der Waals surface area contributed by atoms with E-state index in [9.17, 15) is 33.6 Å². The van der Waals surface area contributed by atoms with E-state index in [0.29, 0.717) is 12.8 Å². The SMILES string of the molecule is COC(=O)[C@@H](NC(=O)C1(Cc2ccc(C)cc2)CCCN1C(=O)C1CCCN1C(=O)[C@@H](NC(=O)OC(C)(C)C)[C@@H](C)OC(C)=O)[C@@H](C)OC(C)=O. The number of rotatable bonds is 12. The zero-order valence-electron chi connectivity index (χ0n) is 31.0. The van der Waals surface area contributed by atoms with Crippen molar-refractivity contribution in [3.63, 3.8) is 0 Å². The molecule has 0 saturated carbocycles. The first kappa shape index (κ1) is 40.7. The van der Waals surface area contributed by atoms with Crippen LogP contribution in [0.15, 0.2) is 24.3 Å². The van der Waals surface area contributed by atoms with Crippen LogP contribution in [0.2, 0.25) is 0 Å². The third-order valence-electron chi connectivity index (χ3n) is 8.94. The highest BCUT2D eigenvalue weighted by Crippen LogP contribution is 2.36. The van der Waals surface area contributed by atoms with Gasteiger partial charge in [0.2, 0.25) is 17.7 Å². The van der Waals surface area contributed by atoms with Crippen LogP contribution in [0.3, 0.4) is 0 Å². The molecule has 15 nitrogen and oxygen atoms in total. The van der Waals surface area contributed by atoms with E-state index in [0.717, 1.165) is 18.2 Å². The Balaban J connectivity index is 2.01. The Bertz CT molecular complexity index is 1470. The summed E-state index contributed by atoms with van der Waals surface area (Å²) in [5, 5.41) is 5.23. The number of carbonyl (C=O) groups excluding carboxylic acids is 7. The number of hydrogen-bond acceptors (Lipinski definition) is 11. The van der Waals surface area contributed by atoms with Gasteiger partial charge in [-0.2, -0.15) is 0 Å². The number of alkyl carbamates (subject to hydrolysis) is 1. The van der Waals surface area contributed by atoms with Crippen molar-refractivity contribution in [3.05, 3.63) is 35.4 Å². The number of amides is 4. The molecule has 282 valence electrons. The van der Waals surface area contributed by atoms with Crippen LogP contribution < -0.4 is 10.6 Å². The van der Waals surface area contributed by atoms with Crippen LogP contribution in [-0.2, 0) is 54.1 Å². The number of likely N-dealkylation sites (tertiary alicyclic amines) is 2. The number of benzene rings is 1. The number of methoxy groups -OCH3 is 1. The monoisotopic (exact) mass is 716 g/mol. The average molecular weight is 717 g/mol. The number of hydrogen-bond donors (Lipinski definition) is 2. The third kappa shape index (κ3) is 10.4. The molecule has 0 aromatic heterocycles. The number of carbonyl (C=O) groups is 7. The van der Waals surface area contributed by atoms with Crippen LogP contribution in [0.5, 0.6) is 0 Å². The van der Waals surface area contributed by atoms with E-state index in [2.05, 4.69) is 10.6 Å². The topological polar surface area (TPSA) is 187 Å². The van der Waals surface area contributed by atoms with Crippen LogP contribution in [0, 0.1) is 6.92 Å². The van der Waals surface area contributed by atoms with Crippen molar-refractivity contribution in [2.75, 3.05) is 20.2 Å². The van der Waals surface area contributed by atoms with Crippen molar-refractivity contribution in [2.45, 2.75) is 129 Å². The molecular weight excluding hydrogens is 664 g/mol. The Hall–Kier alpha value is -4.69. The van der Waals surface area contributed by atoms with Gasteiger partial charge in [-0.1, -0.05) is 29.8 Å². The van der Waals surface area contributed by atoms with Crippen molar-refractivity contribution < 1.29 is 52.5 Å². The zero-order chi connectivity index (χ0) is 38.3. The maximum atomic E-state index is 14.7. The Labute approximate surface area is 299 Å². The molecule has 1 aromatic carbocycles. The normalized spacial score (nSPS) is 21.1. The van der Waals surface area contributed by atoms with Crippen molar-refractivity contribution in [1.82, 2.24) is 20.4 Å². The van der Waals surface area contributed by atoms with Gasteiger partial charge in [-0.05, 0) is 72.8 Å². The maximum Gasteiger partial charge on any atom is 0.408 e. The fourth-order valence-corrected chi connectivity index (χ4v) is 6.63. The number of aryl methyl sites for hydroxylation is 1. The molecule has 2 fully saturated rings. The highest BCUT2D eigenvalue weighted by molar-refractivity contribution is 5.98. The van der Waals surface area contributed by atoms with Gasteiger partial charge < -0.3 is 39.4 Å². The molecule has 2 heterocycles. The molecule has 15 heteroatoms. The van der Waals surface area contributed by atoms with Gasteiger partial charge >= 0.3 is 24.0 Å². The van der Waals surface area contributed by atoms with E-state index in [1.165, 1.54) is 37.5 Å². The molecular formula is C36H52N4O11. The summed E-state index contributed by atoms with van der Waals surface area (Å²) in [6, 6.07) is 3.75. The van der Waals surface area contributed by atoms with E-state index < -0.39 is 83.2 Å². The molecule has 0 aliphatic carbocycles. The van der Waals surface area contributed by atoms with E-state index in [1.807, 2.05) is 31.2 Å². The minimum Gasteiger partial charge on any atom is -0.467 e. The predicted octanol–water partition coefficient (Wildman–Crippen LogP) is 2.34. The Kier molecular flexibility index (Phi) is 13.6. The smallest absolute Gasteiger partial charge is 0.408 e. The third-order valence-corrected chi connectivity index (χ3v) is 8.94. The number of ether oxygens (including phenoxy) is 4. The summed E-state index contributed by atoms with van der Waals surface area (Å²) in [5.41, 5.74) is -0.621. The molecule has 2 aliphatic heterocycles. The molecule has 51 heavy (non-hydrogen) atoms. The van der Waals surface area contributed by atoms with E-state index in [-0.39, 0.29) is 32.4 Å². The van der Waals surface area contributed by atoms with Crippen LogP contribution in [0.4, 0.5) is 4.79 Å². The highest BCUT2D eigenvalue weighted by atomic mass is 16.6. The summed E-state index contributed by atoms with van der Waals surface area (Å²) >= 11 is 0. The van der Waals surface area contributed by atoms with E-state index in [4.69, 9.17) is 18.9 Å². The lowest BCUT2D eigenvalue weighted by Crippen LogP contribution is -2.65. The first-order chi connectivity index (χ1) is 23.8. The minimum atomic E-state index is -1.49. The summed E-state index contributed by atoms with van der Waals surface area (Å²) in [6.07, 6.45) is -1.59. The fourth-order valence-electron chi connectivity index (χ4n) is 6.63. The molecule has 2 aliphatic rings. The summed E-state index contributed by atoms with van der Waals surface area (Å²) in [6.45, 7) is 12.5. The molecule has 0 radical (unpaired) electrons. The zero-order valence-corrected chi connectivity index (χ0v) is 31.0. The van der Waals surface area contributed by atoms with Crippen LogP contribution >= 0.6 is 0 Å². The van der Waals surface area contributed by atoms with Crippen LogP contribution in [0.1, 0.15) is 85.3 Å². The van der Waals surface area contributed by atoms with Crippen molar-refractivity contribution in [1.29, 1.82) is 0 Å². The fraction of sp³-hybridized carbons (Fsp3) is 0.639. The van der Waals surface area contributed by atoms with Gasteiger partial charge in [-0.25, -0.2) is 9.59 Å². The van der Waals surface area contributed by atoms with Gasteiger partial charge in [-0.3, -0.25) is 24.0 Å². The summed E-state index contributed by atoms with van der Waals surface area (Å²) in [5.74, 6) is -3.95. The molecule has 3 rings (SSSR count). The Morgan fingerprint density at radius 1 is 0.882 bits per heavy atom. The number of esters is 3. The predicted molar refractivity (Wildman–Crippen MR) is 183 cm³/mol. The van der Waals surface area contributed by atoms with Crippen LogP contribution in [0.25, 0.3) is 0 Å². The molecule has 2 unspecified atom stereocenters. The van der Waals surface area contributed by atoms with Crippen molar-refractivity contribution in [3.8, 4) is 0 Å². The highest BCUT2D eigenvalue weighted by Gasteiger charge is 2.54. The molecule has 0 bridgehead atoms. The molecule has 2 N–H and O–H groups in total. The summed E-state index contributed by atoms with van der Waals surface area (Å²) in [4.78, 5) is 95.4. The lowest BCUT2D eigenvalue weighted by atomic mass is 9.85. The first-order valence-electron chi connectivity index (χ1n) is 17.2. The molecule has 4 amide bonds. The van der Waals surface area contributed by atoms with Gasteiger partial charge in [0.15, 0.2) is 6.04 Å². The lowest BCUT2D eigenvalue weighted by Gasteiger charge is -2.41. The summed E-state index contributed by atoms with van der Waals surface area (Å²) in [7, 11) is 1.15. The molecule has 6 atom stereocenters. The quantitative estimate of drug-likeness (QED) is 0.239. The molecule has 0 spiro atoms. The van der Waals surface area contributed by atoms with E-state index in [1.54, 1.807) is 20.8 Å². The Morgan fingerprint density at radius 3 is 2.02 bits per heavy atom. The second-order valence-corrected chi connectivity index (χ2v) is 14.2. The van der Waals surface area contributed by atoms with Crippen LogP contribution in [-0.4, -0.2) is 113 Å². The van der Waals surface area contributed by atoms with E-state index >= 15 is 0 Å². The molecule has 1 aromatic rings. The maximum absolute atomic E-state index is 14.7. The number of nitrogens with zero attached hydrogens (tertiary/aromatic N) is 2. The lowest BCUT2D eigenvalue weighted by molar-refractivity contribution is -0.159. The van der Waals surface area contributed by atoms with Gasteiger partial charge in [0.05, 0.1) is 7.11 Å². The second-order valence-electron chi connectivity index (χ2n) is 14.2. The largest absolute Gasteiger partial charge is 0.467 e. The minimum absolute atomic E-state index is 0.0909. The number of nitrogens with one attached hydrogen (secondary N) is 2. The molecule has 2 saturated heterocycles. The Morgan fingerprint density at radius 2 is 1.47 bits per heavy atom. The van der Waals surface area contributed by atoms with Gasteiger partial charge in [-0.15, -0.1) is 0 Å². The van der Waals surface area contributed by atoms with Gasteiger partial charge in [0.25, 0.3) is 0 Å². The summed E-state index contributed by atoms with van der Waals surface area (Å²) < 4.78 is 20.8. The van der Waals surface area contributed by atoms with Gasteiger partial charge in [0, 0.05) is 33.4 Å². The van der Waals surface area contributed by atoms with Gasteiger partial charge in [0.1, 0.15) is 35.4 Å². The standard InChI is InChI=1S/C36H52N4O11/c1-21-13-15-26(16-14-21)20-36(33(46)37-29(32(45)48-9)23(3)50-25(5)42)17-11-19-40(36)30(43)27-12-10-18-39(27)31(44)28(22(2)49-24(4)41)38-34(47)51-35(6,7)8/h13-16,22-23,27-29H,10-12,17-20H2,1-9H3,(H,37,46)(H,38,47)/t22-,23-,27?,28+,29+,36?/m1/s1. The van der Waals surface area contributed by atoms with Crippen molar-refractivity contribution >= 4 is 41.7 Å². The second kappa shape index (κ2) is 17.0. The first-order valence-corrected chi connectivity index (χ1v) is 17.2. The average Bonchev–Trinajstić information content (AvgIpc) is 3.69.